The Balaban J connectivity index is 1.77. The number of Topliss-reactive ketones (excluding diaryl/α,β-unsaturated/α-hetero) is 1. The molecule has 2 aliphatic rings. The van der Waals surface area contributed by atoms with E-state index in [-0.39, 0.29) is 36.2 Å². The van der Waals surface area contributed by atoms with E-state index in [9.17, 15) is 24.6 Å². The maximum absolute atomic E-state index is 13.2. The second kappa shape index (κ2) is 13.5. The molecule has 0 aliphatic carbocycles. The van der Waals surface area contributed by atoms with Gasteiger partial charge in [-0.1, -0.05) is 41.0 Å². The Morgan fingerprint density at radius 3 is 2.64 bits per heavy atom. The van der Waals surface area contributed by atoms with Gasteiger partial charge in [0.1, 0.15) is 16.9 Å². The highest BCUT2D eigenvalue weighted by atomic mass is 32.1. The molecule has 3 rings (SSSR count). The Bertz CT molecular complexity index is 1050. The molecule has 0 bridgehead atoms. The Labute approximate surface area is 235 Å². The number of fused-ring (bicyclic) bond motifs is 1. The average Bonchev–Trinajstić information content (AvgIpc) is 3.47. The van der Waals surface area contributed by atoms with Crippen LogP contribution in [0, 0.1) is 17.3 Å². The van der Waals surface area contributed by atoms with Crippen molar-refractivity contribution < 1.29 is 34.1 Å². The summed E-state index contributed by atoms with van der Waals surface area (Å²) in [6.45, 7) is 10.9. The lowest BCUT2D eigenvalue weighted by atomic mass is 9.73. The number of cyclic esters (lactones) is 1. The molecule has 0 saturated carbocycles. The van der Waals surface area contributed by atoms with Crippen molar-refractivity contribution in [2.45, 2.75) is 117 Å². The highest BCUT2D eigenvalue weighted by Crippen LogP contribution is 2.36. The fourth-order valence-electron chi connectivity index (χ4n) is 5.11. The van der Waals surface area contributed by atoms with E-state index in [0.717, 1.165) is 29.8 Å². The molecule has 7 atom stereocenters. The molecular weight excluding hydrogens is 520 g/mol. The van der Waals surface area contributed by atoms with E-state index in [4.69, 9.17) is 9.47 Å². The van der Waals surface area contributed by atoms with Crippen molar-refractivity contribution in [1.29, 1.82) is 0 Å². The fraction of sp³-hybridized carbons (Fsp3) is 0.724. The molecule has 218 valence electrons. The van der Waals surface area contributed by atoms with Crippen LogP contribution in [0.4, 0.5) is 0 Å². The first-order valence-corrected chi connectivity index (χ1v) is 14.9. The maximum Gasteiger partial charge on any atom is 0.309 e. The number of carbonyl (C=O) groups excluding carboxylic acids is 3. The average molecular weight is 565 g/mol. The third kappa shape index (κ3) is 8.42. The first-order valence-electron chi connectivity index (χ1n) is 14.0. The lowest BCUT2D eigenvalue weighted by Gasteiger charge is -2.34. The number of amides is 1. The van der Waals surface area contributed by atoms with Crippen LogP contribution in [0.2, 0.25) is 0 Å². The number of nitrogens with one attached hydrogen (secondary N) is 1. The Morgan fingerprint density at radius 2 is 1.95 bits per heavy atom. The number of carbonyl (C=O) groups is 3. The number of esters is 1. The Morgan fingerprint density at radius 1 is 1.23 bits per heavy atom. The topological polar surface area (TPSA) is 138 Å². The van der Waals surface area contributed by atoms with Gasteiger partial charge in [-0.25, -0.2) is 4.98 Å². The third-order valence-corrected chi connectivity index (χ3v) is 8.97. The van der Waals surface area contributed by atoms with Crippen molar-refractivity contribution in [3.05, 3.63) is 21.7 Å². The first kappa shape index (κ1) is 31.4. The van der Waals surface area contributed by atoms with Gasteiger partial charge in [0.05, 0.1) is 48.5 Å². The van der Waals surface area contributed by atoms with Crippen molar-refractivity contribution in [3.63, 3.8) is 0 Å². The molecule has 0 radical (unpaired) electrons. The summed E-state index contributed by atoms with van der Waals surface area (Å²) in [5, 5.41) is 27.2. The molecule has 2 aliphatic heterocycles. The Kier molecular flexibility index (Phi) is 10.8. The normalized spacial score (nSPS) is 32.7. The van der Waals surface area contributed by atoms with Gasteiger partial charge in [-0.3, -0.25) is 14.4 Å². The summed E-state index contributed by atoms with van der Waals surface area (Å²) in [6.07, 6.45) is 2.22. The van der Waals surface area contributed by atoms with Crippen LogP contribution in [0.5, 0.6) is 0 Å². The third-order valence-electron chi connectivity index (χ3n) is 8.10. The van der Waals surface area contributed by atoms with Gasteiger partial charge >= 0.3 is 5.97 Å². The zero-order chi connectivity index (χ0) is 28.9. The van der Waals surface area contributed by atoms with E-state index in [1.807, 2.05) is 25.3 Å². The van der Waals surface area contributed by atoms with Crippen LogP contribution in [0.3, 0.4) is 0 Å². The van der Waals surface area contributed by atoms with E-state index in [1.54, 1.807) is 27.7 Å². The van der Waals surface area contributed by atoms with Gasteiger partial charge in [0, 0.05) is 24.1 Å². The van der Waals surface area contributed by atoms with Crippen LogP contribution in [-0.4, -0.2) is 63.4 Å². The number of aromatic nitrogens is 1. The second-order valence-electron chi connectivity index (χ2n) is 11.6. The lowest BCUT2D eigenvalue weighted by molar-refractivity contribution is -0.154. The second-order valence-corrected chi connectivity index (χ2v) is 12.5. The van der Waals surface area contributed by atoms with E-state index < -0.39 is 35.6 Å². The molecule has 1 aromatic heterocycles. The molecule has 1 amide bonds. The molecule has 2 fully saturated rings. The quantitative estimate of drug-likeness (QED) is 0.363. The van der Waals surface area contributed by atoms with Crippen molar-refractivity contribution in [1.82, 2.24) is 10.3 Å². The highest BCUT2D eigenvalue weighted by Gasteiger charge is 2.44. The number of hydrogen-bond acceptors (Lipinski definition) is 9. The van der Waals surface area contributed by atoms with Crippen LogP contribution in [0.15, 0.2) is 11.0 Å². The zero-order valence-electron chi connectivity index (χ0n) is 23.9. The van der Waals surface area contributed by atoms with Crippen LogP contribution in [0.1, 0.15) is 90.8 Å². The molecule has 3 N–H and O–H groups in total. The summed E-state index contributed by atoms with van der Waals surface area (Å²) in [5.41, 5.74) is 0.275. The number of epoxide rings is 1. The van der Waals surface area contributed by atoms with Crippen molar-refractivity contribution >= 4 is 35.1 Å². The number of ketones is 1. The van der Waals surface area contributed by atoms with Gasteiger partial charge in [0.2, 0.25) is 5.91 Å². The highest BCUT2D eigenvalue weighted by molar-refractivity contribution is 7.09. The molecule has 0 unspecified atom stereocenters. The molecular formula is C29H44N2O7S. The van der Waals surface area contributed by atoms with Crippen molar-refractivity contribution in [3.8, 4) is 0 Å². The number of aliphatic hydroxyl groups is 2. The zero-order valence-corrected chi connectivity index (χ0v) is 24.8. The number of hydrogen-bond donors (Lipinski definition) is 3. The van der Waals surface area contributed by atoms with E-state index in [2.05, 4.69) is 10.3 Å². The number of nitrogens with zero attached hydrogens (tertiary/aromatic N) is 1. The monoisotopic (exact) mass is 564 g/mol. The summed E-state index contributed by atoms with van der Waals surface area (Å²) >= 11 is 1.44. The maximum atomic E-state index is 13.2. The molecule has 2 saturated heterocycles. The van der Waals surface area contributed by atoms with E-state index >= 15 is 0 Å². The molecule has 39 heavy (non-hydrogen) atoms. The summed E-state index contributed by atoms with van der Waals surface area (Å²) in [4.78, 5) is 42.3. The van der Waals surface area contributed by atoms with Gasteiger partial charge in [-0.05, 0) is 37.3 Å². The minimum atomic E-state index is -1.26. The minimum absolute atomic E-state index is 0.0393. The summed E-state index contributed by atoms with van der Waals surface area (Å²) in [7, 11) is 0. The number of rotatable bonds is 5. The van der Waals surface area contributed by atoms with Crippen LogP contribution < -0.4 is 5.32 Å². The molecule has 9 nitrogen and oxygen atoms in total. The minimum Gasteiger partial charge on any atom is -0.458 e. The van der Waals surface area contributed by atoms with Crippen LogP contribution in [0.25, 0.3) is 6.08 Å². The molecule has 1 aromatic rings. The lowest BCUT2D eigenvalue weighted by Crippen LogP contribution is -2.45. The summed E-state index contributed by atoms with van der Waals surface area (Å²) < 4.78 is 11.8. The molecule has 0 spiro atoms. The fourth-order valence-corrected chi connectivity index (χ4v) is 5.80. The van der Waals surface area contributed by atoms with Crippen molar-refractivity contribution in [2.75, 3.05) is 0 Å². The van der Waals surface area contributed by atoms with Gasteiger partial charge < -0.3 is 25.0 Å². The number of thiazole rings is 1. The van der Waals surface area contributed by atoms with Gasteiger partial charge in [0.25, 0.3) is 0 Å². The summed E-state index contributed by atoms with van der Waals surface area (Å²) in [5.74, 6) is -1.67. The molecule has 3 heterocycles. The number of ether oxygens (including phenoxy) is 2. The SMILES string of the molecule is CCC(=O)NCc1nc(C=C(C)[C@@H]2C[C@@H]3O[C@@H]3CCC[C@H](C)[C@H](O)[C@@H](C)C(=O)C(C)(C)[C@@H](O)CC(=O)O2)cs1. The Hall–Kier alpha value is -2.14. The van der Waals surface area contributed by atoms with Crippen molar-refractivity contribution in [2.24, 2.45) is 17.3 Å². The largest absolute Gasteiger partial charge is 0.458 e. The molecule has 10 heteroatoms. The predicted octanol–water partition coefficient (Wildman–Crippen LogP) is 3.81. The first-order chi connectivity index (χ1) is 18.3. The molecule has 0 aromatic carbocycles. The van der Waals surface area contributed by atoms with Gasteiger partial charge in [0.15, 0.2) is 0 Å². The van der Waals surface area contributed by atoms with E-state index in [1.165, 1.54) is 11.3 Å². The van der Waals surface area contributed by atoms with Gasteiger partial charge in [-0.15, -0.1) is 11.3 Å². The standard InChI is InChI=1S/C29H44N2O7S/c1-7-24(33)30-14-25-31-19(15-39-25)11-17(3)21-12-22-20(37-22)10-8-9-16(2)27(35)18(4)28(36)29(5,6)23(32)13-26(34)38-21/h11,15-16,18,20-23,27,32,35H,7-10,12-14H2,1-6H3,(H,30,33)/t16-,18+,20+,21-,22-,23-,27-/m0/s1. The van der Waals surface area contributed by atoms with Gasteiger partial charge in [-0.2, -0.15) is 0 Å². The predicted molar refractivity (Wildman–Crippen MR) is 149 cm³/mol. The van der Waals surface area contributed by atoms with E-state index in [0.29, 0.717) is 25.1 Å². The summed E-state index contributed by atoms with van der Waals surface area (Å²) in [6, 6.07) is 0. The number of aliphatic hydroxyl groups excluding tert-OH is 2. The van der Waals surface area contributed by atoms with Crippen LogP contribution in [-0.2, 0) is 30.4 Å². The van der Waals surface area contributed by atoms with Crippen LogP contribution >= 0.6 is 11.3 Å². The smallest absolute Gasteiger partial charge is 0.309 e.